The van der Waals surface area contributed by atoms with Gasteiger partial charge >= 0.3 is 0 Å². The number of aliphatic imine (C=N–C) groups is 1. The number of hydrogen-bond donors (Lipinski definition) is 2. The number of ether oxygens (including phenoxy) is 1. The van der Waals surface area contributed by atoms with E-state index in [1.807, 2.05) is 18.0 Å². The molecule has 1 aliphatic carbocycles. The lowest BCUT2D eigenvalue weighted by atomic mass is 9.83. The van der Waals surface area contributed by atoms with Crippen LogP contribution >= 0.6 is 24.0 Å². The average Bonchev–Trinajstić information content (AvgIpc) is 3.38. The second kappa shape index (κ2) is 13.3. The zero-order valence-electron chi connectivity index (χ0n) is 19.1. The molecule has 31 heavy (non-hydrogen) atoms. The lowest BCUT2D eigenvalue weighted by Crippen LogP contribution is -2.45. The van der Waals surface area contributed by atoms with Gasteiger partial charge in [0, 0.05) is 59.3 Å². The van der Waals surface area contributed by atoms with Crippen LogP contribution in [0.5, 0.6) is 0 Å². The molecule has 2 N–H and O–H groups in total. The summed E-state index contributed by atoms with van der Waals surface area (Å²) in [4.78, 5) is 18.8. The van der Waals surface area contributed by atoms with Crippen molar-refractivity contribution in [2.75, 3.05) is 46.9 Å². The third kappa shape index (κ3) is 7.93. The Balaban J connectivity index is 0.00000341. The van der Waals surface area contributed by atoms with Crippen LogP contribution in [-0.2, 0) is 16.0 Å². The van der Waals surface area contributed by atoms with Crippen LogP contribution in [0.3, 0.4) is 0 Å². The molecular weight excluding hydrogens is 503 g/mol. The lowest BCUT2D eigenvalue weighted by Gasteiger charge is -2.30. The highest BCUT2D eigenvalue weighted by molar-refractivity contribution is 14.0. The molecule has 1 unspecified atom stereocenters. The van der Waals surface area contributed by atoms with Gasteiger partial charge in [-0.25, -0.2) is 0 Å². The number of halogens is 1. The van der Waals surface area contributed by atoms with Crippen LogP contribution in [0.15, 0.2) is 35.3 Å². The van der Waals surface area contributed by atoms with Gasteiger partial charge in [-0.1, -0.05) is 43.2 Å². The van der Waals surface area contributed by atoms with Crippen LogP contribution in [0.4, 0.5) is 0 Å². The summed E-state index contributed by atoms with van der Waals surface area (Å²) in [5.41, 5.74) is 1.61. The van der Waals surface area contributed by atoms with Crippen molar-refractivity contribution in [2.45, 2.75) is 44.9 Å². The smallest absolute Gasteiger partial charge is 0.223 e. The van der Waals surface area contributed by atoms with Gasteiger partial charge in [0.2, 0.25) is 5.91 Å². The topological polar surface area (TPSA) is 66.0 Å². The fourth-order valence-corrected chi connectivity index (χ4v) is 4.81. The first-order valence-electron chi connectivity index (χ1n) is 11.4. The highest BCUT2D eigenvalue weighted by Gasteiger charge is 2.34. The molecule has 2 aliphatic rings. The zero-order valence-corrected chi connectivity index (χ0v) is 21.4. The van der Waals surface area contributed by atoms with Gasteiger partial charge in [0.15, 0.2) is 5.96 Å². The monoisotopic (exact) mass is 542 g/mol. The molecule has 1 aromatic carbocycles. The number of guanidine groups is 1. The van der Waals surface area contributed by atoms with E-state index < -0.39 is 0 Å². The van der Waals surface area contributed by atoms with Crippen LogP contribution in [-0.4, -0.2) is 63.7 Å². The summed E-state index contributed by atoms with van der Waals surface area (Å²) in [5, 5.41) is 6.99. The Morgan fingerprint density at radius 3 is 2.65 bits per heavy atom. The molecule has 3 rings (SSSR count). The number of rotatable bonds is 10. The molecule has 1 saturated heterocycles. The maximum absolute atomic E-state index is 12.4. The molecule has 174 valence electrons. The first-order valence-corrected chi connectivity index (χ1v) is 11.4. The second-order valence-electron chi connectivity index (χ2n) is 8.90. The molecule has 1 heterocycles. The van der Waals surface area contributed by atoms with Crippen LogP contribution in [0.2, 0.25) is 0 Å². The van der Waals surface area contributed by atoms with Gasteiger partial charge in [0.05, 0.1) is 0 Å². The summed E-state index contributed by atoms with van der Waals surface area (Å²) >= 11 is 0. The fourth-order valence-electron chi connectivity index (χ4n) is 4.81. The number of methoxy groups -OCH3 is 1. The number of hydrogen-bond acceptors (Lipinski definition) is 3. The third-order valence-electron chi connectivity index (χ3n) is 6.72. The van der Waals surface area contributed by atoms with Gasteiger partial charge in [-0.2, -0.15) is 0 Å². The minimum Gasteiger partial charge on any atom is -0.385 e. The minimum absolute atomic E-state index is 0. The number of nitrogens with zero attached hydrogens (tertiary/aromatic N) is 2. The van der Waals surface area contributed by atoms with E-state index in [1.54, 1.807) is 7.11 Å². The Morgan fingerprint density at radius 2 is 1.97 bits per heavy atom. The normalized spacial score (nSPS) is 20.6. The maximum Gasteiger partial charge on any atom is 0.223 e. The van der Waals surface area contributed by atoms with Crippen molar-refractivity contribution in [1.29, 1.82) is 0 Å². The molecular formula is C24H39IN4O2. The summed E-state index contributed by atoms with van der Waals surface area (Å²) in [6.07, 6.45) is 7.76. The van der Waals surface area contributed by atoms with Crippen molar-refractivity contribution in [3.8, 4) is 0 Å². The van der Waals surface area contributed by atoms with Gasteiger partial charge in [0.1, 0.15) is 0 Å². The predicted octanol–water partition coefficient (Wildman–Crippen LogP) is 3.46. The highest BCUT2D eigenvalue weighted by Crippen LogP contribution is 2.40. The Kier molecular flexibility index (Phi) is 11.1. The summed E-state index contributed by atoms with van der Waals surface area (Å²) in [7, 11) is 3.60. The molecule has 1 amide bonds. The first kappa shape index (κ1) is 25.9. The largest absolute Gasteiger partial charge is 0.385 e. The summed E-state index contributed by atoms with van der Waals surface area (Å²) < 4.78 is 5.33. The molecule has 0 radical (unpaired) electrons. The highest BCUT2D eigenvalue weighted by atomic mass is 127. The molecule has 6 nitrogen and oxygen atoms in total. The lowest BCUT2D eigenvalue weighted by molar-refractivity contribution is -0.127. The van der Waals surface area contributed by atoms with E-state index in [4.69, 9.17) is 4.74 Å². The molecule has 1 aromatic rings. The molecule has 0 aromatic heterocycles. The molecule has 0 bridgehead atoms. The SMILES string of the molecule is CN=C(NCC1CC(=O)N(CCc2ccccc2)C1)NCC1(CCOC)CCCC1.I. The van der Waals surface area contributed by atoms with Crippen molar-refractivity contribution >= 4 is 35.8 Å². The van der Waals surface area contributed by atoms with Crippen molar-refractivity contribution < 1.29 is 9.53 Å². The molecule has 7 heteroatoms. The van der Waals surface area contributed by atoms with Crippen molar-refractivity contribution in [3.05, 3.63) is 35.9 Å². The van der Waals surface area contributed by atoms with Crippen LogP contribution in [0, 0.1) is 11.3 Å². The van der Waals surface area contributed by atoms with Gasteiger partial charge in [0.25, 0.3) is 0 Å². The minimum atomic E-state index is 0. The number of carbonyl (C=O) groups excluding carboxylic acids is 1. The van der Waals surface area contributed by atoms with Crippen molar-refractivity contribution in [1.82, 2.24) is 15.5 Å². The number of carbonyl (C=O) groups is 1. The molecule has 1 saturated carbocycles. The number of nitrogens with one attached hydrogen (secondary N) is 2. The molecule has 2 fully saturated rings. The molecule has 0 spiro atoms. The number of benzene rings is 1. The Bertz CT molecular complexity index is 692. The fraction of sp³-hybridized carbons (Fsp3) is 0.667. The summed E-state index contributed by atoms with van der Waals surface area (Å²) in [6, 6.07) is 10.4. The average molecular weight is 543 g/mol. The first-order chi connectivity index (χ1) is 14.6. The Hall–Kier alpha value is -1.35. The van der Waals surface area contributed by atoms with Crippen molar-refractivity contribution in [3.63, 3.8) is 0 Å². The predicted molar refractivity (Wildman–Crippen MR) is 137 cm³/mol. The van der Waals surface area contributed by atoms with Gasteiger partial charge in [-0.3, -0.25) is 9.79 Å². The summed E-state index contributed by atoms with van der Waals surface area (Å²) in [5.74, 6) is 1.44. The van der Waals surface area contributed by atoms with Crippen LogP contribution in [0.1, 0.15) is 44.1 Å². The molecule has 1 atom stereocenters. The van der Waals surface area contributed by atoms with Gasteiger partial charge < -0.3 is 20.3 Å². The van der Waals surface area contributed by atoms with Gasteiger partial charge in [-0.05, 0) is 36.7 Å². The third-order valence-corrected chi connectivity index (χ3v) is 6.72. The van der Waals surface area contributed by atoms with E-state index in [-0.39, 0.29) is 29.9 Å². The number of likely N-dealkylation sites (tertiary alicyclic amines) is 1. The van der Waals surface area contributed by atoms with E-state index in [2.05, 4.69) is 39.9 Å². The quantitative estimate of drug-likeness (QED) is 0.270. The number of amides is 1. The van der Waals surface area contributed by atoms with Gasteiger partial charge in [-0.15, -0.1) is 24.0 Å². The van der Waals surface area contributed by atoms with Crippen molar-refractivity contribution in [2.24, 2.45) is 16.3 Å². The van der Waals surface area contributed by atoms with Crippen LogP contribution in [0.25, 0.3) is 0 Å². The maximum atomic E-state index is 12.4. The standard InChI is InChI=1S/C24H38N4O2.HI/c1-25-23(27-19-24(13-15-30-2)11-6-7-12-24)26-17-21-16-22(29)28(18-21)14-10-20-8-4-3-5-9-20;/h3-5,8-9,21H,6-7,10-19H2,1-2H3,(H2,25,26,27);1H. The van der Waals surface area contributed by atoms with E-state index in [0.29, 0.717) is 17.8 Å². The zero-order chi connectivity index (χ0) is 21.2. The van der Waals surface area contributed by atoms with E-state index in [1.165, 1.54) is 31.2 Å². The Morgan fingerprint density at radius 1 is 1.23 bits per heavy atom. The van der Waals surface area contributed by atoms with E-state index >= 15 is 0 Å². The summed E-state index contributed by atoms with van der Waals surface area (Å²) in [6.45, 7) is 4.15. The van der Waals surface area contributed by atoms with Crippen LogP contribution < -0.4 is 10.6 Å². The molecule has 1 aliphatic heterocycles. The van der Waals surface area contributed by atoms with E-state index in [0.717, 1.165) is 51.6 Å². The Labute approximate surface area is 204 Å². The second-order valence-corrected chi connectivity index (χ2v) is 8.90. The van der Waals surface area contributed by atoms with E-state index in [9.17, 15) is 4.79 Å².